The number of benzene rings is 1. The molecule has 3 aromatic rings. The first-order valence-corrected chi connectivity index (χ1v) is 6.61. The number of fused-ring (bicyclic) bond motifs is 1. The summed E-state index contributed by atoms with van der Waals surface area (Å²) in [5.74, 6) is 0. The lowest BCUT2D eigenvalue weighted by molar-refractivity contribution is -0.137. The molecule has 4 nitrogen and oxygen atoms in total. The van der Waals surface area contributed by atoms with E-state index in [1.807, 2.05) is 10.8 Å². The number of rotatable bonds is 3. The number of hydrogen-bond donors (Lipinski definition) is 1. The highest BCUT2D eigenvalue weighted by molar-refractivity contribution is 7.71. The molecule has 0 saturated heterocycles. The lowest BCUT2D eigenvalue weighted by Crippen LogP contribution is -2.06. The van der Waals surface area contributed by atoms with Crippen LogP contribution in [0.3, 0.4) is 0 Å². The van der Waals surface area contributed by atoms with E-state index in [9.17, 15) is 13.2 Å². The zero-order valence-corrected chi connectivity index (χ0v) is 11.6. The largest absolute Gasteiger partial charge is 0.416 e. The van der Waals surface area contributed by atoms with Gasteiger partial charge in [0, 0.05) is 25.5 Å². The van der Waals surface area contributed by atoms with Gasteiger partial charge >= 0.3 is 6.18 Å². The molecule has 0 fully saturated rings. The molecule has 0 spiro atoms. The summed E-state index contributed by atoms with van der Waals surface area (Å²) in [5, 5.41) is 0. The first kappa shape index (κ1) is 13.9. The van der Waals surface area contributed by atoms with Gasteiger partial charge in [-0.25, -0.2) is 4.98 Å². The molecule has 0 aliphatic rings. The van der Waals surface area contributed by atoms with Crippen molar-refractivity contribution >= 4 is 23.3 Å². The monoisotopic (exact) mass is 312 g/mol. The summed E-state index contributed by atoms with van der Waals surface area (Å²) in [6.07, 6.45) is 0.813. The van der Waals surface area contributed by atoms with Crippen LogP contribution < -0.4 is 0 Å². The number of halogens is 3. The van der Waals surface area contributed by atoms with Crippen LogP contribution in [0.2, 0.25) is 0 Å². The Balaban J connectivity index is 1.96. The third kappa shape index (κ3) is 2.71. The van der Waals surface area contributed by atoms with Crippen molar-refractivity contribution in [1.29, 1.82) is 0 Å². The van der Waals surface area contributed by atoms with Gasteiger partial charge in [0.05, 0.1) is 22.9 Å². The second kappa shape index (κ2) is 5.03. The minimum absolute atomic E-state index is 0.389. The van der Waals surface area contributed by atoms with E-state index < -0.39 is 11.7 Å². The minimum Gasteiger partial charge on any atom is -0.336 e. The molecule has 110 valence electrons. The van der Waals surface area contributed by atoms with Gasteiger partial charge in [-0.05, 0) is 30.4 Å². The van der Waals surface area contributed by atoms with Crippen LogP contribution in [0.1, 0.15) is 5.56 Å². The van der Waals surface area contributed by atoms with Crippen molar-refractivity contribution in [1.82, 2.24) is 19.1 Å². The van der Waals surface area contributed by atoms with Crippen molar-refractivity contribution in [3.05, 3.63) is 47.3 Å². The molecule has 2 aromatic heterocycles. The van der Waals surface area contributed by atoms with Crippen molar-refractivity contribution in [2.24, 2.45) is 0 Å². The van der Waals surface area contributed by atoms with Gasteiger partial charge in [0.1, 0.15) is 0 Å². The van der Waals surface area contributed by atoms with E-state index in [4.69, 9.17) is 12.2 Å². The molecule has 1 N–H and O–H groups in total. The molecule has 1 aromatic carbocycles. The highest BCUT2D eigenvalue weighted by atomic mass is 32.1. The molecule has 21 heavy (non-hydrogen) atoms. The summed E-state index contributed by atoms with van der Waals surface area (Å²) < 4.78 is 42.2. The van der Waals surface area contributed by atoms with Gasteiger partial charge < -0.3 is 14.1 Å². The fraction of sp³-hybridized carbons (Fsp3) is 0.231. The standard InChI is InChI=1S/C13H11F3N4S/c14-13(15,16)9-1-2-11-10(7-9)18-12(21)20(11)6-5-19-4-3-17-8-19/h1-4,7-8H,5-6H2,(H,18,21). The Hall–Kier alpha value is -2.09. The fourth-order valence-electron chi connectivity index (χ4n) is 2.20. The van der Waals surface area contributed by atoms with E-state index in [0.717, 1.165) is 12.1 Å². The van der Waals surface area contributed by atoms with Crippen LogP contribution in [-0.2, 0) is 19.3 Å². The predicted molar refractivity (Wildman–Crippen MR) is 74.4 cm³/mol. The quantitative estimate of drug-likeness (QED) is 0.750. The Labute approximate surface area is 122 Å². The van der Waals surface area contributed by atoms with Gasteiger partial charge in [0.25, 0.3) is 0 Å². The van der Waals surface area contributed by atoms with Crippen molar-refractivity contribution < 1.29 is 13.2 Å². The maximum atomic E-state index is 12.7. The summed E-state index contributed by atoms with van der Waals surface area (Å²) in [6.45, 7) is 1.20. The highest BCUT2D eigenvalue weighted by Gasteiger charge is 2.30. The third-order valence-electron chi connectivity index (χ3n) is 3.24. The maximum Gasteiger partial charge on any atom is 0.416 e. The summed E-state index contributed by atoms with van der Waals surface area (Å²) in [5.41, 5.74) is 0.363. The number of aromatic nitrogens is 4. The highest BCUT2D eigenvalue weighted by Crippen LogP contribution is 2.31. The fourth-order valence-corrected chi connectivity index (χ4v) is 2.50. The Kier molecular flexibility index (Phi) is 3.32. The average Bonchev–Trinajstić information content (AvgIpc) is 3.01. The molecule has 0 amide bonds. The van der Waals surface area contributed by atoms with Gasteiger partial charge in [0.15, 0.2) is 4.77 Å². The smallest absolute Gasteiger partial charge is 0.336 e. The third-order valence-corrected chi connectivity index (χ3v) is 3.56. The molecular weight excluding hydrogens is 301 g/mol. The molecule has 0 unspecified atom stereocenters. The molecule has 0 bridgehead atoms. The normalized spacial score (nSPS) is 12.1. The van der Waals surface area contributed by atoms with Crippen LogP contribution in [-0.4, -0.2) is 19.1 Å². The van der Waals surface area contributed by atoms with Crippen molar-refractivity contribution in [3.63, 3.8) is 0 Å². The lowest BCUT2D eigenvalue weighted by Gasteiger charge is -2.08. The average molecular weight is 312 g/mol. The molecular formula is C13H11F3N4S. The predicted octanol–water partition coefficient (Wildman–Crippen LogP) is 3.61. The van der Waals surface area contributed by atoms with E-state index in [-0.39, 0.29) is 0 Å². The molecule has 0 saturated carbocycles. The van der Waals surface area contributed by atoms with Crippen LogP contribution >= 0.6 is 12.2 Å². The summed E-state index contributed by atoms with van der Waals surface area (Å²) in [6, 6.07) is 3.59. The zero-order valence-electron chi connectivity index (χ0n) is 10.8. The van der Waals surface area contributed by atoms with Crippen molar-refractivity contribution in [3.8, 4) is 0 Å². The van der Waals surface area contributed by atoms with Crippen LogP contribution in [0.15, 0.2) is 36.9 Å². The summed E-state index contributed by atoms with van der Waals surface area (Å²) in [7, 11) is 0. The van der Waals surface area contributed by atoms with E-state index in [1.54, 1.807) is 17.1 Å². The van der Waals surface area contributed by atoms with Crippen LogP contribution in [0.5, 0.6) is 0 Å². The molecule has 0 aliphatic carbocycles. The van der Waals surface area contributed by atoms with Gasteiger partial charge in [-0.1, -0.05) is 0 Å². The molecule has 0 radical (unpaired) electrons. The molecule has 0 atom stereocenters. The van der Waals surface area contributed by atoms with Gasteiger partial charge in [-0.15, -0.1) is 0 Å². The Bertz CT molecular complexity index is 814. The minimum atomic E-state index is -4.36. The Morgan fingerprint density at radius 1 is 1.24 bits per heavy atom. The number of nitrogens with zero attached hydrogens (tertiary/aromatic N) is 3. The van der Waals surface area contributed by atoms with Crippen molar-refractivity contribution in [2.45, 2.75) is 19.3 Å². The Morgan fingerprint density at radius 3 is 2.71 bits per heavy atom. The van der Waals surface area contributed by atoms with E-state index in [1.165, 1.54) is 6.07 Å². The summed E-state index contributed by atoms with van der Waals surface area (Å²) in [4.78, 5) is 6.76. The second-order valence-corrected chi connectivity index (χ2v) is 5.00. The van der Waals surface area contributed by atoms with Crippen molar-refractivity contribution in [2.75, 3.05) is 0 Å². The molecule has 2 heterocycles. The molecule has 0 aliphatic heterocycles. The van der Waals surface area contributed by atoms with E-state index in [2.05, 4.69) is 9.97 Å². The van der Waals surface area contributed by atoms with E-state index >= 15 is 0 Å². The number of nitrogens with one attached hydrogen (secondary N) is 1. The lowest BCUT2D eigenvalue weighted by atomic mass is 10.2. The van der Waals surface area contributed by atoms with Crippen LogP contribution in [0.4, 0.5) is 13.2 Å². The van der Waals surface area contributed by atoms with Gasteiger partial charge in [0.2, 0.25) is 0 Å². The second-order valence-electron chi connectivity index (χ2n) is 4.61. The number of alkyl halides is 3. The zero-order chi connectivity index (χ0) is 15.0. The summed E-state index contributed by atoms with van der Waals surface area (Å²) >= 11 is 5.19. The first-order valence-electron chi connectivity index (χ1n) is 6.20. The number of imidazole rings is 2. The van der Waals surface area contributed by atoms with E-state index in [0.29, 0.717) is 28.9 Å². The molecule has 3 rings (SSSR count). The topological polar surface area (TPSA) is 38.5 Å². The Morgan fingerprint density at radius 2 is 2.05 bits per heavy atom. The molecule has 8 heteroatoms. The maximum absolute atomic E-state index is 12.7. The van der Waals surface area contributed by atoms with Gasteiger partial charge in [-0.3, -0.25) is 0 Å². The van der Waals surface area contributed by atoms with Crippen LogP contribution in [0.25, 0.3) is 11.0 Å². The van der Waals surface area contributed by atoms with Gasteiger partial charge in [-0.2, -0.15) is 13.2 Å². The number of hydrogen-bond acceptors (Lipinski definition) is 2. The number of aryl methyl sites for hydroxylation is 2. The first-order chi connectivity index (χ1) is 9.95. The SMILES string of the molecule is FC(F)(F)c1ccc2c(c1)[nH]c(=S)n2CCn1ccnc1. The number of H-pyrrole nitrogens is 1. The number of aromatic amines is 1. The van der Waals surface area contributed by atoms with Crippen LogP contribution in [0, 0.1) is 4.77 Å².